The SMILES string of the molecule is CC(=O)NCC(NC(=O)C=CC(=O)NCC(=O)NCC(=O)NC(Cc1ccccc1)C(=O)O)C(=O)NC(Cc1ccccc1)C(=O)NC(C(=O)NC(C(N)=O)C(C)C)C(C)C. The lowest BCUT2D eigenvalue weighted by Gasteiger charge is -2.28. The van der Waals surface area contributed by atoms with Gasteiger partial charge < -0.3 is 53.4 Å². The Kier molecular flexibility index (Phi) is 20.8. The first kappa shape index (κ1) is 50.0. The van der Waals surface area contributed by atoms with Crippen LogP contribution in [-0.4, -0.2) is 114 Å². The third kappa shape index (κ3) is 19.0. The Balaban J connectivity index is 2.07. The molecule has 2 aromatic carbocycles. The fraction of sp³-hybridized carbons (Fsp3) is 0.415. The number of aliphatic carboxylic acids is 1. The van der Waals surface area contributed by atoms with Crippen molar-refractivity contribution < 1.29 is 53.1 Å². The normalized spacial score (nSPS) is 13.4. The van der Waals surface area contributed by atoms with E-state index in [1.807, 2.05) is 0 Å². The number of carbonyl (C=O) groups is 10. The molecule has 2 rings (SSSR count). The molecule has 0 fully saturated rings. The molecule has 0 saturated carbocycles. The number of hydrogen-bond donors (Lipinski definition) is 10. The maximum Gasteiger partial charge on any atom is 0.326 e. The van der Waals surface area contributed by atoms with Crippen LogP contribution in [0.4, 0.5) is 0 Å². The molecule has 0 aromatic heterocycles. The lowest BCUT2D eigenvalue weighted by atomic mass is 9.98. The maximum absolute atomic E-state index is 13.8. The van der Waals surface area contributed by atoms with Crippen molar-refractivity contribution in [2.45, 2.75) is 77.7 Å². The van der Waals surface area contributed by atoms with E-state index in [0.29, 0.717) is 11.1 Å². The van der Waals surface area contributed by atoms with Crippen LogP contribution in [0.1, 0.15) is 45.7 Å². The maximum atomic E-state index is 13.8. The fourth-order valence-corrected chi connectivity index (χ4v) is 5.52. The molecule has 9 amide bonds. The Morgan fingerprint density at radius 3 is 1.56 bits per heavy atom. The zero-order valence-corrected chi connectivity index (χ0v) is 34.6. The highest BCUT2D eigenvalue weighted by Crippen LogP contribution is 2.09. The summed E-state index contributed by atoms with van der Waals surface area (Å²) in [6, 6.07) is 11.0. The van der Waals surface area contributed by atoms with E-state index < -0.39 is 115 Å². The molecule has 20 heteroatoms. The lowest BCUT2D eigenvalue weighted by Crippen LogP contribution is -2.61. The number of carbonyl (C=O) groups excluding carboxylic acids is 9. The second-order valence-corrected chi connectivity index (χ2v) is 14.6. The molecule has 20 nitrogen and oxygen atoms in total. The number of benzene rings is 2. The van der Waals surface area contributed by atoms with Crippen LogP contribution in [0.5, 0.6) is 0 Å². The first-order valence-corrected chi connectivity index (χ1v) is 19.3. The van der Waals surface area contributed by atoms with Crippen LogP contribution in [0.25, 0.3) is 0 Å². The molecular weight excluding hydrogens is 795 g/mol. The van der Waals surface area contributed by atoms with Gasteiger partial charge in [0.1, 0.15) is 30.2 Å². The minimum atomic E-state index is -1.48. The number of carboxylic acids is 1. The third-order valence-corrected chi connectivity index (χ3v) is 8.79. The van der Waals surface area contributed by atoms with Crippen LogP contribution in [-0.2, 0) is 60.8 Å². The quantitative estimate of drug-likeness (QED) is 0.0501. The van der Waals surface area contributed by atoms with E-state index in [4.69, 9.17) is 5.73 Å². The molecule has 0 aliphatic rings. The Hall–Kier alpha value is -7.12. The predicted molar refractivity (Wildman–Crippen MR) is 220 cm³/mol. The van der Waals surface area contributed by atoms with E-state index in [1.165, 1.54) is 6.92 Å². The second kappa shape index (κ2) is 25.4. The first-order valence-electron chi connectivity index (χ1n) is 19.3. The summed E-state index contributed by atoms with van der Waals surface area (Å²) < 4.78 is 0. The van der Waals surface area contributed by atoms with E-state index >= 15 is 0 Å². The van der Waals surface area contributed by atoms with Crippen LogP contribution in [0, 0.1) is 11.8 Å². The van der Waals surface area contributed by atoms with Crippen molar-refractivity contribution in [3.8, 4) is 0 Å². The molecule has 2 aromatic rings. The monoisotopic (exact) mass is 849 g/mol. The van der Waals surface area contributed by atoms with Crippen LogP contribution in [0.15, 0.2) is 72.8 Å². The average molecular weight is 850 g/mol. The summed E-state index contributed by atoms with van der Waals surface area (Å²) in [5, 5.41) is 28.8. The molecule has 0 bridgehead atoms. The second-order valence-electron chi connectivity index (χ2n) is 14.6. The van der Waals surface area contributed by atoms with Crippen LogP contribution in [0.3, 0.4) is 0 Å². The van der Waals surface area contributed by atoms with E-state index in [0.717, 1.165) is 12.2 Å². The van der Waals surface area contributed by atoms with E-state index in [9.17, 15) is 53.1 Å². The number of amides is 9. The van der Waals surface area contributed by atoms with E-state index in [1.54, 1.807) is 88.4 Å². The van der Waals surface area contributed by atoms with Crippen molar-refractivity contribution in [3.63, 3.8) is 0 Å². The van der Waals surface area contributed by atoms with Crippen LogP contribution in [0.2, 0.25) is 0 Å². The van der Waals surface area contributed by atoms with Gasteiger partial charge in [0.25, 0.3) is 0 Å². The summed E-state index contributed by atoms with van der Waals surface area (Å²) in [5.74, 6) is -9.23. The standard InChI is InChI=1S/C41H55N9O11/c1-23(2)35(37(42)56)49-40(59)36(24(3)4)50-38(57)28(18-26-12-8-6-9-13-26)48-39(58)30(20-43-25(5)51)47-32(53)17-16-31(52)44-21-33(54)45-22-34(55)46-29(41(60)61)19-27-14-10-7-11-15-27/h6-17,23-24,28-30,35-36H,18-22H2,1-5H3,(H2,42,56)(H,43,51)(H,44,52)(H,45,54)(H,46,55)(H,47,53)(H,48,58)(H,49,59)(H,50,57)(H,60,61). The third-order valence-electron chi connectivity index (χ3n) is 8.79. The topological polar surface area (TPSA) is 313 Å². The Morgan fingerprint density at radius 1 is 0.557 bits per heavy atom. The molecule has 0 aliphatic carbocycles. The number of hydrogen-bond acceptors (Lipinski definition) is 10. The Bertz CT molecular complexity index is 1910. The highest BCUT2D eigenvalue weighted by Gasteiger charge is 2.33. The molecule has 0 heterocycles. The van der Waals surface area contributed by atoms with Crippen LogP contribution < -0.4 is 48.3 Å². The largest absolute Gasteiger partial charge is 0.480 e. The minimum absolute atomic E-state index is 0.0113. The first-order chi connectivity index (χ1) is 28.8. The average Bonchev–Trinajstić information content (AvgIpc) is 3.20. The number of nitrogens with two attached hydrogens (primary N) is 1. The van der Waals surface area contributed by atoms with Gasteiger partial charge in [-0.1, -0.05) is 88.4 Å². The summed E-state index contributed by atoms with van der Waals surface area (Å²) >= 11 is 0. The number of primary amides is 1. The van der Waals surface area contributed by atoms with Crippen molar-refractivity contribution in [1.82, 2.24) is 42.5 Å². The minimum Gasteiger partial charge on any atom is -0.480 e. The molecule has 0 radical (unpaired) electrons. The van der Waals surface area contributed by atoms with Crippen LogP contribution >= 0.6 is 0 Å². The van der Waals surface area contributed by atoms with Gasteiger partial charge in [-0.15, -0.1) is 0 Å². The van der Waals surface area contributed by atoms with Crippen molar-refractivity contribution in [2.24, 2.45) is 17.6 Å². The molecule has 5 unspecified atom stereocenters. The molecule has 11 N–H and O–H groups in total. The summed E-state index contributed by atoms with van der Waals surface area (Å²) in [6.45, 7) is 6.25. The van der Waals surface area contributed by atoms with Gasteiger partial charge in [0.05, 0.1) is 13.1 Å². The lowest BCUT2D eigenvalue weighted by molar-refractivity contribution is -0.141. The molecule has 0 aliphatic heterocycles. The van der Waals surface area contributed by atoms with Crippen molar-refractivity contribution in [1.29, 1.82) is 0 Å². The number of rotatable bonds is 24. The predicted octanol–water partition coefficient (Wildman–Crippen LogP) is -2.30. The van der Waals surface area contributed by atoms with Gasteiger partial charge in [-0.3, -0.25) is 43.2 Å². The van der Waals surface area contributed by atoms with E-state index in [-0.39, 0.29) is 18.8 Å². The molecule has 0 saturated heterocycles. The smallest absolute Gasteiger partial charge is 0.326 e. The Morgan fingerprint density at radius 2 is 1.05 bits per heavy atom. The van der Waals surface area contributed by atoms with Gasteiger partial charge in [0.2, 0.25) is 53.2 Å². The fourth-order valence-electron chi connectivity index (χ4n) is 5.52. The zero-order chi connectivity index (χ0) is 45.6. The summed E-state index contributed by atoms with van der Waals surface area (Å²) in [7, 11) is 0. The summed E-state index contributed by atoms with van der Waals surface area (Å²) in [6.07, 6.45) is 1.47. The molecular formula is C41H55N9O11. The van der Waals surface area contributed by atoms with Crippen molar-refractivity contribution >= 4 is 59.1 Å². The van der Waals surface area contributed by atoms with Gasteiger partial charge in [0.15, 0.2) is 0 Å². The van der Waals surface area contributed by atoms with Gasteiger partial charge in [0, 0.05) is 38.5 Å². The highest BCUT2D eigenvalue weighted by atomic mass is 16.4. The Labute approximate surface area is 353 Å². The summed E-state index contributed by atoms with van der Waals surface area (Å²) in [4.78, 5) is 126. The highest BCUT2D eigenvalue weighted by molar-refractivity contribution is 6.00. The molecule has 330 valence electrons. The number of carboxylic acid groups (broad SMARTS) is 1. The van der Waals surface area contributed by atoms with E-state index in [2.05, 4.69) is 42.5 Å². The van der Waals surface area contributed by atoms with Gasteiger partial charge in [-0.05, 0) is 23.0 Å². The molecule has 5 atom stereocenters. The zero-order valence-electron chi connectivity index (χ0n) is 34.6. The van der Waals surface area contributed by atoms with Crippen molar-refractivity contribution in [3.05, 3.63) is 83.9 Å². The van der Waals surface area contributed by atoms with Gasteiger partial charge in [-0.2, -0.15) is 0 Å². The molecule has 0 spiro atoms. The van der Waals surface area contributed by atoms with Gasteiger partial charge >= 0.3 is 5.97 Å². The van der Waals surface area contributed by atoms with Gasteiger partial charge in [-0.25, -0.2) is 4.79 Å². The number of nitrogens with one attached hydrogen (secondary N) is 8. The van der Waals surface area contributed by atoms with Crippen molar-refractivity contribution in [2.75, 3.05) is 19.6 Å². The summed E-state index contributed by atoms with van der Waals surface area (Å²) in [5.41, 5.74) is 6.76. The molecule has 61 heavy (non-hydrogen) atoms.